The van der Waals surface area contributed by atoms with Gasteiger partial charge in [0.25, 0.3) is 0 Å². The zero-order chi connectivity index (χ0) is 19.1. The standard InChI is InChI=1S/C23H25NO3/c1-14(18-8-6-5-7-9-18)11-24-12-19-10-20-15(2)16(3)23(25)27-22(20)17(4)21(19)26-13-24/h5-10,14H,11-13H2,1-4H3/t14-/m1/s1. The predicted octanol–water partition coefficient (Wildman–Crippen LogP) is 4.67. The Labute approximate surface area is 159 Å². The van der Waals surface area contributed by atoms with Gasteiger partial charge in [-0.25, -0.2) is 4.79 Å². The largest absolute Gasteiger partial charge is 0.477 e. The molecule has 0 N–H and O–H groups in total. The second kappa shape index (κ2) is 6.86. The Bertz CT molecular complexity index is 1050. The van der Waals surface area contributed by atoms with Crippen molar-refractivity contribution in [3.63, 3.8) is 0 Å². The molecule has 4 rings (SSSR count). The maximum absolute atomic E-state index is 12.1. The summed E-state index contributed by atoms with van der Waals surface area (Å²) in [5, 5.41) is 1.00. The lowest BCUT2D eigenvalue weighted by molar-refractivity contribution is 0.0900. The molecule has 3 aromatic rings. The molecule has 0 radical (unpaired) electrons. The van der Waals surface area contributed by atoms with Crippen molar-refractivity contribution in [2.45, 2.75) is 40.2 Å². The summed E-state index contributed by atoms with van der Waals surface area (Å²) in [5.74, 6) is 1.29. The van der Waals surface area contributed by atoms with Crippen LogP contribution in [0, 0.1) is 20.8 Å². The first-order valence-corrected chi connectivity index (χ1v) is 9.42. The van der Waals surface area contributed by atoms with Gasteiger partial charge in [0.15, 0.2) is 0 Å². The average Bonchev–Trinajstić information content (AvgIpc) is 2.68. The number of hydrogen-bond donors (Lipinski definition) is 0. The molecule has 0 unspecified atom stereocenters. The molecular weight excluding hydrogens is 338 g/mol. The predicted molar refractivity (Wildman–Crippen MR) is 107 cm³/mol. The molecule has 0 amide bonds. The van der Waals surface area contributed by atoms with Crippen LogP contribution in [-0.2, 0) is 6.54 Å². The summed E-state index contributed by atoms with van der Waals surface area (Å²) in [4.78, 5) is 14.4. The van der Waals surface area contributed by atoms with Crippen LogP contribution < -0.4 is 10.4 Å². The van der Waals surface area contributed by atoms with E-state index in [1.165, 1.54) is 5.56 Å². The van der Waals surface area contributed by atoms with Gasteiger partial charge in [-0.2, -0.15) is 0 Å². The lowest BCUT2D eigenvalue weighted by Gasteiger charge is -2.32. The van der Waals surface area contributed by atoms with Crippen molar-refractivity contribution in [1.29, 1.82) is 0 Å². The van der Waals surface area contributed by atoms with Crippen molar-refractivity contribution < 1.29 is 9.15 Å². The highest BCUT2D eigenvalue weighted by atomic mass is 16.5. The molecule has 0 saturated heterocycles. The normalized spacial score (nSPS) is 15.4. The maximum Gasteiger partial charge on any atom is 0.339 e. The molecule has 0 bridgehead atoms. The van der Waals surface area contributed by atoms with Gasteiger partial charge in [-0.05, 0) is 43.9 Å². The van der Waals surface area contributed by atoms with E-state index < -0.39 is 0 Å². The Balaban J connectivity index is 1.66. The minimum Gasteiger partial charge on any atom is -0.477 e. The zero-order valence-electron chi connectivity index (χ0n) is 16.3. The molecule has 4 nitrogen and oxygen atoms in total. The van der Waals surface area contributed by atoms with Gasteiger partial charge in [0, 0.05) is 35.2 Å². The smallest absolute Gasteiger partial charge is 0.339 e. The lowest BCUT2D eigenvalue weighted by Crippen LogP contribution is -2.35. The fourth-order valence-electron chi connectivity index (χ4n) is 3.94. The molecule has 0 spiro atoms. The van der Waals surface area contributed by atoms with Gasteiger partial charge in [-0.3, -0.25) is 4.90 Å². The van der Waals surface area contributed by atoms with Crippen molar-refractivity contribution in [2.24, 2.45) is 0 Å². The number of fused-ring (bicyclic) bond motifs is 2. The molecule has 1 atom stereocenters. The molecule has 1 aliphatic rings. The van der Waals surface area contributed by atoms with Crippen LogP contribution in [0.15, 0.2) is 45.6 Å². The summed E-state index contributed by atoms with van der Waals surface area (Å²) in [6.45, 7) is 10.3. The Hall–Kier alpha value is -2.59. The summed E-state index contributed by atoms with van der Waals surface area (Å²) in [5.41, 5.74) is 5.45. The number of rotatable bonds is 3. The van der Waals surface area contributed by atoms with Crippen LogP contribution in [-0.4, -0.2) is 18.2 Å². The number of aryl methyl sites for hydroxylation is 2. The molecule has 140 valence electrons. The van der Waals surface area contributed by atoms with Crippen LogP contribution in [0.4, 0.5) is 0 Å². The minimum absolute atomic E-state index is 0.267. The molecular formula is C23H25NO3. The third-order valence-corrected chi connectivity index (χ3v) is 5.69. The highest BCUT2D eigenvalue weighted by Gasteiger charge is 2.24. The summed E-state index contributed by atoms with van der Waals surface area (Å²) in [6, 6.07) is 12.7. The second-order valence-electron chi connectivity index (χ2n) is 7.60. The molecule has 4 heteroatoms. The van der Waals surface area contributed by atoms with E-state index in [9.17, 15) is 4.79 Å². The maximum atomic E-state index is 12.1. The van der Waals surface area contributed by atoms with Gasteiger partial charge in [0.1, 0.15) is 18.1 Å². The molecule has 2 aromatic carbocycles. The minimum atomic E-state index is -0.267. The summed E-state index contributed by atoms with van der Waals surface area (Å²) in [7, 11) is 0. The number of hydrogen-bond acceptors (Lipinski definition) is 4. The van der Waals surface area contributed by atoms with Crippen LogP contribution in [0.1, 0.15) is 40.7 Å². The van der Waals surface area contributed by atoms with Gasteiger partial charge in [0.2, 0.25) is 0 Å². The highest BCUT2D eigenvalue weighted by molar-refractivity contribution is 5.87. The van der Waals surface area contributed by atoms with E-state index in [1.807, 2.05) is 26.8 Å². The van der Waals surface area contributed by atoms with Gasteiger partial charge in [-0.15, -0.1) is 0 Å². The summed E-state index contributed by atoms with van der Waals surface area (Å²) < 4.78 is 11.7. The van der Waals surface area contributed by atoms with E-state index in [0.717, 1.165) is 40.9 Å². The Morgan fingerprint density at radius 3 is 2.56 bits per heavy atom. The first-order chi connectivity index (χ1) is 13.0. The molecule has 27 heavy (non-hydrogen) atoms. The quantitative estimate of drug-likeness (QED) is 0.634. The summed E-state index contributed by atoms with van der Waals surface area (Å²) >= 11 is 0. The van der Waals surface area contributed by atoms with E-state index in [1.54, 1.807) is 0 Å². The van der Waals surface area contributed by atoms with Gasteiger partial charge < -0.3 is 9.15 Å². The molecule has 1 aliphatic heterocycles. The van der Waals surface area contributed by atoms with Crippen molar-refractivity contribution in [2.75, 3.05) is 13.3 Å². The topological polar surface area (TPSA) is 42.7 Å². The van der Waals surface area contributed by atoms with Crippen molar-refractivity contribution in [3.8, 4) is 5.75 Å². The van der Waals surface area contributed by atoms with Gasteiger partial charge in [0.05, 0.1) is 0 Å². The monoisotopic (exact) mass is 363 g/mol. The average molecular weight is 363 g/mol. The summed E-state index contributed by atoms with van der Waals surface area (Å²) in [6.07, 6.45) is 0. The molecule has 2 heterocycles. The molecule has 0 fully saturated rings. The zero-order valence-corrected chi connectivity index (χ0v) is 16.3. The van der Waals surface area contributed by atoms with E-state index in [-0.39, 0.29) is 5.63 Å². The van der Waals surface area contributed by atoms with E-state index in [2.05, 4.69) is 42.2 Å². The molecule has 1 aromatic heterocycles. The Kier molecular flexibility index (Phi) is 4.52. The third kappa shape index (κ3) is 3.15. The Morgan fingerprint density at radius 1 is 1.07 bits per heavy atom. The van der Waals surface area contributed by atoms with Gasteiger partial charge >= 0.3 is 5.63 Å². The number of benzene rings is 2. The fourth-order valence-corrected chi connectivity index (χ4v) is 3.94. The second-order valence-corrected chi connectivity index (χ2v) is 7.60. The highest BCUT2D eigenvalue weighted by Crippen LogP contribution is 2.36. The van der Waals surface area contributed by atoms with Crippen molar-refractivity contribution in [1.82, 2.24) is 4.90 Å². The first-order valence-electron chi connectivity index (χ1n) is 9.42. The molecule has 0 aliphatic carbocycles. The molecule has 0 saturated carbocycles. The van der Waals surface area contributed by atoms with Crippen LogP contribution in [0.3, 0.4) is 0 Å². The SMILES string of the molecule is Cc1c(C)c2cc3c(c(C)c2oc1=O)OCN(C[C@@H](C)c1ccccc1)C3. The van der Waals surface area contributed by atoms with Gasteiger partial charge in [-0.1, -0.05) is 37.3 Å². The van der Waals surface area contributed by atoms with E-state index in [4.69, 9.17) is 9.15 Å². The van der Waals surface area contributed by atoms with Crippen LogP contribution in [0.5, 0.6) is 5.75 Å². The van der Waals surface area contributed by atoms with Crippen LogP contribution in [0.2, 0.25) is 0 Å². The van der Waals surface area contributed by atoms with Crippen LogP contribution >= 0.6 is 0 Å². The van der Waals surface area contributed by atoms with E-state index in [0.29, 0.717) is 23.8 Å². The number of ether oxygens (including phenoxy) is 1. The lowest BCUT2D eigenvalue weighted by atomic mass is 9.98. The Morgan fingerprint density at radius 2 is 1.81 bits per heavy atom. The van der Waals surface area contributed by atoms with Crippen molar-refractivity contribution in [3.05, 3.63) is 74.6 Å². The number of nitrogens with zero attached hydrogens (tertiary/aromatic N) is 1. The first kappa shape index (κ1) is 17.8. The third-order valence-electron chi connectivity index (χ3n) is 5.69. The van der Waals surface area contributed by atoms with Crippen LogP contribution in [0.25, 0.3) is 11.0 Å². The van der Waals surface area contributed by atoms with E-state index >= 15 is 0 Å². The fraction of sp³-hybridized carbons (Fsp3) is 0.348. The van der Waals surface area contributed by atoms with Crippen molar-refractivity contribution >= 4 is 11.0 Å².